The first-order valence-electron chi connectivity index (χ1n) is 9.88. The number of rotatable bonds is 7. The van der Waals surface area contributed by atoms with E-state index in [0.717, 1.165) is 40.2 Å². The van der Waals surface area contributed by atoms with Crippen LogP contribution in [0.3, 0.4) is 0 Å². The fraction of sp³-hybridized carbons (Fsp3) is 0.348. The van der Waals surface area contributed by atoms with Gasteiger partial charge in [-0.1, -0.05) is 19.1 Å². The number of benzene rings is 2. The largest absolute Gasteiger partial charge is 0.497 e. The van der Waals surface area contributed by atoms with E-state index in [2.05, 4.69) is 6.92 Å². The molecule has 0 radical (unpaired) electrons. The number of para-hydroxylation sites is 2. The highest BCUT2D eigenvalue weighted by molar-refractivity contribution is 5.88. The summed E-state index contributed by atoms with van der Waals surface area (Å²) < 4.78 is 22.7. The molecule has 1 aliphatic rings. The van der Waals surface area contributed by atoms with E-state index in [1.807, 2.05) is 47.4 Å². The van der Waals surface area contributed by atoms with Crippen LogP contribution in [0.1, 0.15) is 18.9 Å². The van der Waals surface area contributed by atoms with Crippen molar-refractivity contribution in [3.63, 3.8) is 0 Å². The van der Waals surface area contributed by atoms with Crippen LogP contribution < -0.4 is 14.2 Å². The number of amides is 1. The zero-order valence-corrected chi connectivity index (χ0v) is 16.7. The molecule has 1 amide bonds. The van der Waals surface area contributed by atoms with E-state index in [9.17, 15) is 4.79 Å². The van der Waals surface area contributed by atoms with Gasteiger partial charge in [-0.25, -0.2) is 0 Å². The van der Waals surface area contributed by atoms with Crippen LogP contribution in [-0.2, 0) is 11.2 Å². The number of carbonyl (C=O) groups excluding carboxylic acids is 1. The van der Waals surface area contributed by atoms with Crippen molar-refractivity contribution in [1.82, 2.24) is 4.90 Å². The van der Waals surface area contributed by atoms with Crippen LogP contribution in [0.4, 0.5) is 0 Å². The van der Waals surface area contributed by atoms with E-state index < -0.39 is 0 Å². The van der Waals surface area contributed by atoms with Gasteiger partial charge in [-0.2, -0.15) is 0 Å². The Balaban J connectivity index is 1.45. The Morgan fingerprint density at radius 1 is 1.21 bits per heavy atom. The van der Waals surface area contributed by atoms with Crippen molar-refractivity contribution in [2.24, 2.45) is 0 Å². The lowest BCUT2D eigenvalue weighted by Crippen LogP contribution is -2.44. The van der Waals surface area contributed by atoms with Crippen molar-refractivity contribution in [1.29, 1.82) is 0 Å². The van der Waals surface area contributed by atoms with Crippen molar-refractivity contribution < 1.29 is 23.4 Å². The van der Waals surface area contributed by atoms with Gasteiger partial charge in [0.15, 0.2) is 17.6 Å². The highest BCUT2D eigenvalue weighted by Crippen LogP contribution is 2.31. The summed E-state index contributed by atoms with van der Waals surface area (Å²) in [6, 6.07) is 13.2. The van der Waals surface area contributed by atoms with E-state index in [0.29, 0.717) is 19.7 Å². The molecule has 0 aliphatic carbocycles. The molecule has 4 rings (SSSR count). The van der Waals surface area contributed by atoms with Crippen molar-refractivity contribution >= 4 is 16.9 Å². The average Bonchev–Trinajstić information content (AvgIpc) is 3.15. The molecular weight excluding hydrogens is 370 g/mol. The van der Waals surface area contributed by atoms with Gasteiger partial charge in [0.25, 0.3) is 0 Å². The molecule has 0 saturated carbocycles. The molecule has 1 aromatic heterocycles. The first-order valence-corrected chi connectivity index (χ1v) is 9.88. The molecule has 0 fully saturated rings. The molecule has 6 nitrogen and oxygen atoms in total. The molecule has 1 aliphatic heterocycles. The summed E-state index contributed by atoms with van der Waals surface area (Å²) in [5, 5.41) is 0.932. The number of furan rings is 1. The van der Waals surface area contributed by atoms with Crippen LogP contribution in [0.15, 0.2) is 53.1 Å². The summed E-state index contributed by atoms with van der Waals surface area (Å²) in [6.07, 6.45) is 2.62. The zero-order chi connectivity index (χ0) is 20.2. The number of nitrogens with zero attached hydrogens (tertiary/aromatic N) is 1. The van der Waals surface area contributed by atoms with Crippen LogP contribution in [-0.4, -0.2) is 43.7 Å². The predicted molar refractivity (Wildman–Crippen MR) is 110 cm³/mol. The van der Waals surface area contributed by atoms with E-state index in [1.54, 1.807) is 13.4 Å². The molecule has 1 unspecified atom stereocenters. The molecule has 29 heavy (non-hydrogen) atoms. The Kier molecular flexibility index (Phi) is 5.60. The molecule has 152 valence electrons. The van der Waals surface area contributed by atoms with Gasteiger partial charge in [-0.15, -0.1) is 0 Å². The minimum Gasteiger partial charge on any atom is -0.497 e. The second kappa shape index (κ2) is 8.47. The molecular formula is C23H25NO5. The van der Waals surface area contributed by atoms with Gasteiger partial charge >= 0.3 is 0 Å². The van der Waals surface area contributed by atoms with Crippen LogP contribution in [0, 0.1) is 0 Å². The Morgan fingerprint density at radius 3 is 2.83 bits per heavy atom. The first kappa shape index (κ1) is 19.2. The summed E-state index contributed by atoms with van der Waals surface area (Å²) in [6.45, 7) is 3.65. The molecule has 1 atom stereocenters. The van der Waals surface area contributed by atoms with Gasteiger partial charge in [0.2, 0.25) is 5.91 Å². The number of ether oxygens (including phenoxy) is 3. The molecule has 2 heterocycles. The van der Waals surface area contributed by atoms with E-state index >= 15 is 0 Å². The van der Waals surface area contributed by atoms with Gasteiger partial charge in [-0.05, 0) is 30.7 Å². The molecule has 0 spiro atoms. The summed E-state index contributed by atoms with van der Waals surface area (Å²) in [4.78, 5) is 14.9. The fourth-order valence-electron chi connectivity index (χ4n) is 3.59. The minimum absolute atomic E-state index is 0.0489. The molecule has 0 N–H and O–H groups in total. The molecule has 0 saturated heterocycles. The van der Waals surface area contributed by atoms with Crippen LogP contribution in [0.2, 0.25) is 0 Å². The van der Waals surface area contributed by atoms with Gasteiger partial charge in [0, 0.05) is 23.6 Å². The smallest absolute Gasteiger partial charge is 0.227 e. The highest BCUT2D eigenvalue weighted by atomic mass is 16.6. The van der Waals surface area contributed by atoms with Crippen molar-refractivity contribution in [3.05, 3.63) is 54.3 Å². The van der Waals surface area contributed by atoms with E-state index in [4.69, 9.17) is 18.6 Å². The number of methoxy groups -OCH3 is 1. The molecule has 6 heteroatoms. The lowest BCUT2D eigenvalue weighted by Gasteiger charge is -2.31. The fourth-order valence-corrected chi connectivity index (χ4v) is 3.59. The van der Waals surface area contributed by atoms with Gasteiger partial charge in [-0.3, -0.25) is 4.79 Å². The minimum atomic E-state index is -0.189. The summed E-state index contributed by atoms with van der Waals surface area (Å²) in [5.41, 5.74) is 1.59. The second-order valence-electron chi connectivity index (χ2n) is 7.14. The highest BCUT2D eigenvalue weighted by Gasteiger charge is 2.25. The molecule has 2 aromatic carbocycles. The summed E-state index contributed by atoms with van der Waals surface area (Å²) in [5.74, 6) is 2.25. The maximum absolute atomic E-state index is 13.0. The SMILES string of the molecule is CCCN(CC1COc2ccccc2O1)C(=O)Cc1coc2cc(OC)ccc12. The summed E-state index contributed by atoms with van der Waals surface area (Å²) >= 11 is 0. The van der Waals surface area contributed by atoms with Crippen LogP contribution in [0.5, 0.6) is 17.2 Å². The van der Waals surface area contributed by atoms with E-state index in [1.165, 1.54) is 0 Å². The second-order valence-corrected chi connectivity index (χ2v) is 7.14. The van der Waals surface area contributed by atoms with E-state index in [-0.39, 0.29) is 18.4 Å². The Morgan fingerprint density at radius 2 is 2.03 bits per heavy atom. The quantitative estimate of drug-likeness (QED) is 0.604. The predicted octanol–water partition coefficient (Wildman–Crippen LogP) is 4.06. The normalized spacial score (nSPS) is 15.3. The standard InChI is InChI=1S/C23H25NO5/c1-3-10-24(13-18-15-28-20-6-4-5-7-21(20)29-18)23(25)11-16-14-27-22-12-17(26-2)8-9-19(16)22/h4-9,12,14,18H,3,10-11,13,15H2,1-2H3. The topological polar surface area (TPSA) is 61.1 Å². The van der Waals surface area contributed by atoms with Gasteiger partial charge in [0.05, 0.1) is 26.3 Å². The lowest BCUT2D eigenvalue weighted by atomic mass is 10.1. The Labute approximate surface area is 170 Å². The van der Waals surface area contributed by atoms with Crippen LogP contribution >= 0.6 is 0 Å². The van der Waals surface area contributed by atoms with Gasteiger partial charge in [0.1, 0.15) is 17.9 Å². The summed E-state index contributed by atoms with van der Waals surface area (Å²) in [7, 11) is 1.62. The van der Waals surface area contributed by atoms with Crippen LogP contribution in [0.25, 0.3) is 11.0 Å². The Hall–Kier alpha value is -3.15. The third kappa shape index (κ3) is 4.16. The average molecular weight is 395 g/mol. The third-order valence-electron chi connectivity index (χ3n) is 5.04. The number of hydrogen-bond donors (Lipinski definition) is 0. The lowest BCUT2D eigenvalue weighted by molar-refractivity contribution is -0.132. The number of carbonyl (C=O) groups is 1. The van der Waals surface area contributed by atoms with Gasteiger partial charge < -0.3 is 23.5 Å². The maximum Gasteiger partial charge on any atom is 0.227 e. The zero-order valence-electron chi connectivity index (χ0n) is 16.7. The molecule has 3 aromatic rings. The first-order chi connectivity index (χ1) is 14.2. The maximum atomic E-state index is 13.0. The number of fused-ring (bicyclic) bond motifs is 2. The van der Waals surface area contributed by atoms with Crippen molar-refractivity contribution in [2.45, 2.75) is 25.9 Å². The molecule has 0 bridgehead atoms. The van der Waals surface area contributed by atoms with Crippen molar-refractivity contribution in [2.75, 3.05) is 26.8 Å². The van der Waals surface area contributed by atoms with Crippen molar-refractivity contribution in [3.8, 4) is 17.2 Å². The monoisotopic (exact) mass is 395 g/mol. The Bertz CT molecular complexity index is 996. The third-order valence-corrected chi connectivity index (χ3v) is 5.04. The number of hydrogen-bond acceptors (Lipinski definition) is 5.